The molecule has 0 spiro atoms. The Morgan fingerprint density at radius 2 is 2.22 bits per heavy atom. The average Bonchev–Trinajstić information content (AvgIpc) is 2.67. The smallest absolute Gasteiger partial charge is 0.283 e. The Balaban J connectivity index is 2.68. The lowest BCUT2D eigenvalue weighted by Crippen LogP contribution is -2.34. The number of rotatable bonds is 5. The van der Waals surface area contributed by atoms with E-state index in [1.54, 1.807) is 6.92 Å². The number of hydrogen-bond acceptors (Lipinski definition) is 5. The number of carbonyl (C=O) groups excluding carboxylic acids is 1. The first kappa shape index (κ1) is 14.6. The predicted molar refractivity (Wildman–Crippen MR) is 68.9 cm³/mol. The number of aryl methyl sites for hydroxylation is 1. The van der Waals surface area contributed by atoms with Gasteiger partial charge in [-0.05, 0) is 12.8 Å². The molecule has 1 heterocycles. The summed E-state index contributed by atoms with van der Waals surface area (Å²) in [6, 6.07) is 1.26. The summed E-state index contributed by atoms with van der Waals surface area (Å²) >= 11 is 1.08. The number of aliphatic hydroxyl groups excluding tert-OH is 1. The first-order valence-corrected chi connectivity index (χ1v) is 6.35. The fourth-order valence-electron chi connectivity index (χ4n) is 1.29. The Labute approximate surface area is 109 Å². The average molecular weight is 272 g/mol. The van der Waals surface area contributed by atoms with E-state index in [0.717, 1.165) is 11.3 Å². The Kier molecular flexibility index (Phi) is 4.80. The van der Waals surface area contributed by atoms with Crippen LogP contribution in [0.15, 0.2) is 6.07 Å². The topological polar surface area (TPSA) is 92.5 Å². The number of thiophene rings is 1. The number of nitrogens with one attached hydrogen (secondary N) is 1. The molecule has 1 aromatic heterocycles. The number of nitro groups is 1. The van der Waals surface area contributed by atoms with Crippen LogP contribution in [0, 0.1) is 23.0 Å². The van der Waals surface area contributed by atoms with Gasteiger partial charge in [0.1, 0.15) is 0 Å². The van der Waals surface area contributed by atoms with Crippen LogP contribution < -0.4 is 5.32 Å². The van der Waals surface area contributed by atoms with E-state index < -0.39 is 16.9 Å². The van der Waals surface area contributed by atoms with Gasteiger partial charge >= 0.3 is 0 Å². The highest BCUT2D eigenvalue weighted by atomic mass is 32.1. The van der Waals surface area contributed by atoms with Crippen molar-refractivity contribution in [1.82, 2.24) is 5.32 Å². The van der Waals surface area contributed by atoms with Gasteiger partial charge in [0.25, 0.3) is 11.6 Å². The van der Waals surface area contributed by atoms with Crippen LogP contribution in [0.4, 0.5) is 5.69 Å². The molecule has 7 heteroatoms. The fraction of sp³-hybridized carbons (Fsp3) is 0.545. The first-order valence-electron chi connectivity index (χ1n) is 5.54. The van der Waals surface area contributed by atoms with Gasteiger partial charge in [-0.15, -0.1) is 11.3 Å². The summed E-state index contributed by atoms with van der Waals surface area (Å²) < 4.78 is 0. The molecule has 0 radical (unpaired) electrons. The summed E-state index contributed by atoms with van der Waals surface area (Å²) in [5.41, 5.74) is -0.0467. The van der Waals surface area contributed by atoms with Gasteiger partial charge in [-0.2, -0.15) is 0 Å². The highest BCUT2D eigenvalue weighted by molar-refractivity contribution is 7.14. The van der Waals surface area contributed by atoms with Gasteiger partial charge in [-0.3, -0.25) is 14.9 Å². The highest BCUT2D eigenvalue weighted by Crippen LogP contribution is 2.27. The van der Waals surface area contributed by atoms with Crippen LogP contribution in [0.2, 0.25) is 0 Å². The Morgan fingerprint density at radius 1 is 1.61 bits per heavy atom. The molecule has 1 rings (SSSR count). The van der Waals surface area contributed by atoms with E-state index in [0.29, 0.717) is 4.88 Å². The molecular weight excluding hydrogens is 256 g/mol. The largest absolute Gasteiger partial charge is 0.391 e. The molecule has 6 nitrogen and oxygen atoms in total. The maximum Gasteiger partial charge on any atom is 0.283 e. The zero-order valence-corrected chi connectivity index (χ0v) is 11.3. The van der Waals surface area contributed by atoms with Crippen LogP contribution >= 0.6 is 11.3 Å². The van der Waals surface area contributed by atoms with Crippen molar-refractivity contribution < 1.29 is 14.8 Å². The summed E-state index contributed by atoms with van der Waals surface area (Å²) in [6.45, 7) is 5.43. The Morgan fingerprint density at radius 3 is 2.67 bits per heavy atom. The highest BCUT2D eigenvalue weighted by Gasteiger charge is 2.20. The van der Waals surface area contributed by atoms with Crippen LogP contribution in [-0.4, -0.2) is 28.6 Å². The lowest BCUT2D eigenvalue weighted by Gasteiger charge is -2.14. The fourth-order valence-corrected chi connectivity index (χ4v) is 2.19. The van der Waals surface area contributed by atoms with Crippen molar-refractivity contribution in [3.05, 3.63) is 25.9 Å². The number of hydrogen-bond donors (Lipinski definition) is 2. The summed E-state index contributed by atoms with van der Waals surface area (Å²) in [5.74, 6) is -0.347. The van der Waals surface area contributed by atoms with Crippen molar-refractivity contribution in [2.45, 2.75) is 26.9 Å². The molecule has 0 aliphatic carbocycles. The molecular formula is C11H16N2O4S. The van der Waals surface area contributed by atoms with Crippen LogP contribution in [-0.2, 0) is 0 Å². The Hall–Kier alpha value is -1.47. The van der Waals surface area contributed by atoms with Gasteiger partial charge < -0.3 is 10.4 Å². The van der Waals surface area contributed by atoms with Crippen LogP contribution in [0.25, 0.3) is 0 Å². The number of carbonyl (C=O) groups is 1. The zero-order chi connectivity index (χ0) is 13.9. The van der Waals surface area contributed by atoms with E-state index in [1.807, 2.05) is 13.8 Å². The van der Waals surface area contributed by atoms with Crippen molar-refractivity contribution in [3.8, 4) is 0 Å². The minimum atomic E-state index is -0.620. The maximum absolute atomic E-state index is 11.7. The minimum Gasteiger partial charge on any atom is -0.391 e. The number of nitrogens with zero attached hydrogens (tertiary/aromatic N) is 1. The molecule has 0 aliphatic rings. The second-order valence-electron chi connectivity index (χ2n) is 4.33. The Bertz CT molecular complexity index is 456. The molecule has 1 aromatic rings. The van der Waals surface area contributed by atoms with Gasteiger partial charge in [0.15, 0.2) is 0 Å². The lowest BCUT2D eigenvalue weighted by molar-refractivity contribution is -0.385. The maximum atomic E-state index is 11.7. The SMILES string of the molecule is Cc1sc(C(=O)NCC(O)C(C)C)cc1[N+](=O)[O-]. The minimum absolute atomic E-state index is 0.0460. The number of aliphatic hydroxyl groups is 1. The van der Waals surface area contributed by atoms with Gasteiger partial charge in [0.05, 0.1) is 20.8 Å². The van der Waals surface area contributed by atoms with Gasteiger partial charge in [-0.1, -0.05) is 13.8 Å². The predicted octanol–water partition coefficient (Wildman–Crippen LogP) is 1.71. The van der Waals surface area contributed by atoms with Gasteiger partial charge in [-0.25, -0.2) is 0 Å². The zero-order valence-electron chi connectivity index (χ0n) is 10.5. The molecule has 0 aromatic carbocycles. The summed E-state index contributed by atoms with van der Waals surface area (Å²) in [5, 5.41) is 22.8. The van der Waals surface area contributed by atoms with Crippen molar-refractivity contribution in [3.63, 3.8) is 0 Å². The molecule has 1 unspecified atom stereocenters. The van der Waals surface area contributed by atoms with E-state index in [9.17, 15) is 20.0 Å². The van der Waals surface area contributed by atoms with Gasteiger partial charge in [0, 0.05) is 12.6 Å². The quantitative estimate of drug-likeness (QED) is 0.630. The second kappa shape index (κ2) is 5.92. The number of amides is 1. The van der Waals surface area contributed by atoms with E-state index >= 15 is 0 Å². The van der Waals surface area contributed by atoms with Crippen LogP contribution in [0.1, 0.15) is 28.4 Å². The molecule has 0 bridgehead atoms. The molecule has 0 saturated carbocycles. The normalized spacial score (nSPS) is 12.5. The first-order chi connectivity index (χ1) is 8.32. The molecule has 18 heavy (non-hydrogen) atoms. The third-order valence-electron chi connectivity index (χ3n) is 2.55. The standard InChI is InChI=1S/C11H16N2O4S/c1-6(2)9(14)5-12-11(15)10-4-8(13(16)17)7(3)18-10/h4,6,9,14H,5H2,1-3H3,(H,12,15). The molecule has 0 fully saturated rings. The third kappa shape index (κ3) is 3.51. The van der Waals surface area contributed by atoms with E-state index in [4.69, 9.17) is 0 Å². The van der Waals surface area contributed by atoms with Crippen molar-refractivity contribution in [2.75, 3.05) is 6.54 Å². The monoisotopic (exact) mass is 272 g/mol. The summed E-state index contributed by atoms with van der Waals surface area (Å²) in [4.78, 5) is 22.7. The van der Waals surface area contributed by atoms with Crippen LogP contribution in [0.5, 0.6) is 0 Å². The lowest BCUT2D eigenvalue weighted by atomic mass is 10.1. The van der Waals surface area contributed by atoms with Crippen molar-refractivity contribution in [2.24, 2.45) is 5.92 Å². The van der Waals surface area contributed by atoms with Gasteiger partial charge in [0.2, 0.25) is 0 Å². The molecule has 2 N–H and O–H groups in total. The van der Waals surface area contributed by atoms with Crippen molar-refractivity contribution >= 4 is 22.9 Å². The third-order valence-corrected chi connectivity index (χ3v) is 3.59. The molecule has 0 aliphatic heterocycles. The second-order valence-corrected chi connectivity index (χ2v) is 5.59. The summed E-state index contributed by atoms with van der Waals surface area (Å²) in [6.07, 6.45) is -0.620. The van der Waals surface area contributed by atoms with Crippen LogP contribution in [0.3, 0.4) is 0 Å². The van der Waals surface area contributed by atoms with E-state index in [1.165, 1.54) is 6.07 Å². The molecule has 100 valence electrons. The molecule has 1 atom stereocenters. The van der Waals surface area contributed by atoms with Crippen molar-refractivity contribution in [1.29, 1.82) is 0 Å². The van der Waals surface area contributed by atoms with E-state index in [-0.39, 0.29) is 23.0 Å². The molecule has 0 saturated heterocycles. The van der Waals surface area contributed by atoms with E-state index in [2.05, 4.69) is 5.32 Å². The summed E-state index contributed by atoms with van der Waals surface area (Å²) in [7, 11) is 0. The molecule has 1 amide bonds.